The normalized spacial score (nSPS) is 16.5. The zero-order valence-corrected chi connectivity index (χ0v) is 18.0. The third kappa shape index (κ3) is 4.83. The van der Waals surface area contributed by atoms with Gasteiger partial charge in [-0.15, -0.1) is 0 Å². The fourth-order valence-corrected chi connectivity index (χ4v) is 4.21. The van der Waals surface area contributed by atoms with Crippen molar-refractivity contribution in [2.75, 3.05) is 26.3 Å². The van der Waals surface area contributed by atoms with Crippen molar-refractivity contribution < 1.29 is 19.4 Å². The minimum atomic E-state index is -0.195. The lowest BCUT2D eigenvalue weighted by Crippen LogP contribution is -2.37. The third-order valence-electron chi connectivity index (χ3n) is 6.12. The molecule has 1 aliphatic heterocycles. The maximum Gasteiger partial charge on any atom is 0.270 e. The minimum Gasteiger partial charge on any atom is -0.395 e. The quantitative estimate of drug-likeness (QED) is 0.647. The standard InChI is InChI=1S/C24H31N3O4/c1-2-20(18-6-4-3-5-7-18)25-23(29)19-14-21(27-11-13-31-16-22(19)27)24(30)26(10-12-28)15-17-8-9-17/h3-7,14,17,20,28H,2,8-13,15-16H2,1H3,(H,25,29)/t20-/m1/s1. The maximum atomic E-state index is 13.3. The first-order chi connectivity index (χ1) is 15.1. The van der Waals surface area contributed by atoms with Gasteiger partial charge in [-0.3, -0.25) is 9.59 Å². The first-order valence-electron chi connectivity index (χ1n) is 11.2. The molecule has 0 bridgehead atoms. The van der Waals surface area contributed by atoms with E-state index in [9.17, 15) is 14.7 Å². The Morgan fingerprint density at radius 2 is 2.06 bits per heavy atom. The number of hydrogen-bond acceptors (Lipinski definition) is 4. The van der Waals surface area contributed by atoms with Gasteiger partial charge in [-0.2, -0.15) is 0 Å². The Hall–Kier alpha value is -2.64. The van der Waals surface area contributed by atoms with Crippen LogP contribution in [0.15, 0.2) is 36.4 Å². The number of rotatable bonds is 9. The molecule has 4 rings (SSSR count). The smallest absolute Gasteiger partial charge is 0.270 e. The highest BCUT2D eigenvalue weighted by Crippen LogP contribution is 2.31. The SMILES string of the molecule is CC[C@@H](NC(=O)c1cc(C(=O)N(CCO)CC2CC2)n2c1COCC2)c1ccccc1. The molecule has 1 aliphatic carbocycles. The van der Waals surface area contributed by atoms with E-state index in [-0.39, 0.29) is 24.5 Å². The predicted molar refractivity (Wildman–Crippen MR) is 117 cm³/mol. The summed E-state index contributed by atoms with van der Waals surface area (Å²) >= 11 is 0. The molecule has 0 radical (unpaired) electrons. The Labute approximate surface area is 183 Å². The third-order valence-corrected chi connectivity index (χ3v) is 6.12. The summed E-state index contributed by atoms with van der Waals surface area (Å²) in [5.41, 5.74) is 2.79. The summed E-state index contributed by atoms with van der Waals surface area (Å²) in [4.78, 5) is 28.3. The molecule has 2 N–H and O–H groups in total. The van der Waals surface area contributed by atoms with Gasteiger partial charge in [0.25, 0.3) is 11.8 Å². The first-order valence-corrected chi connectivity index (χ1v) is 11.2. The molecule has 2 heterocycles. The molecule has 1 aromatic heterocycles. The number of fused-ring (bicyclic) bond motifs is 1. The van der Waals surface area contributed by atoms with Gasteiger partial charge in [0, 0.05) is 19.6 Å². The first kappa shape index (κ1) is 21.6. The van der Waals surface area contributed by atoms with Crippen molar-refractivity contribution in [3.05, 3.63) is 58.9 Å². The van der Waals surface area contributed by atoms with Gasteiger partial charge in [-0.1, -0.05) is 37.3 Å². The molecule has 1 atom stereocenters. The van der Waals surface area contributed by atoms with Crippen molar-refractivity contribution in [3.8, 4) is 0 Å². The van der Waals surface area contributed by atoms with Crippen LogP contribution in [0.3, 0.4) is 0 Å². The van der Waals surface area contributed by atoms with E-state index < -0.39 is 0 Å². The van der Waals surface area contributed by atoms with Gasteiger partial charge in [-0.05, 0) is 36.8 Å². The topological polar surface area (TPSA) is 83.8 Å². The molecular formula is C24H31N3O4. The highest BCUT2D eigenvalue weighted by molar-refractivity contribution is 6.01. The fraction of sp³-hybridized carbons (Fsp3) is 0.500. The number of ether oxygens (including phenoxy) is 1. The number of benzene rings is 1. The molecule has 1 saturated carbocycles. The Morgan fingerprint density at radius 1 is 1.29 bits per heavy atom. The number of amides is 2. The summed E-state index contributed by atoms with van der Waals surface area (Å²) in [6, 6.07) is 11.5. The number of nitrogens with one attached hydrogen (secondary N) is 1. The van der Waals surface area contributed by atoms with E-state index in [1.807, 2.05) is 41.8 Å². The molecule has 2 aromatic rings. The number of aliphatic hydroxyl groups excluding tert-OH is 1. The van der Waals surface area contributed by atoms with E-state index in [2.05, 4.69) is 5.32 Å². The van der Waals surface area contributed by atoms with Gasteiger partial charge < -0.3 is 24.6 Å². The van der Waals surface area contributed by atoms with Crippen LogP contribution in [0.1, 0.15) is 64.3 Å². The minimum absolute atomic E-state index is 0.0717. The van der Waals surface area contributed by atoms with Gasteiger partial charge in [-0.25, -0.2) is 0 Å². The molecule has 0 unspecified atom stereocenters. The highest BCUT2D eigenvalue weighted by Gasteiger charge is 2.31. The molecule has 2 aliphatic rings. The van der Waals surface area contributed by atoms with Gasteiger partial charge >= 0.3 is 0 Å². The molecule has 0 saturated heterocycles. The number of aromatic nitrogens is 1. The zero-order chi connectivity index (χ0) is 21.8. The Balaban J connectivity index is 1.60. The summed E-state index contributed by atoms with van der Waals surface area (Å²) in [5.74, 6) is 0.201. The van der Waals surface area contributed by atoms with E-state index in [0.29, 0.717) is 50.0 Å². The largest absolute Gasteiger partial charge is 0.395 e. The molecule has 7 nitrogen and oxygen atoms in total. The molecule has 1 fully saturated rings. The Bertz CT molecular complexity index is 920. The van der Waals surface area contributed by atoms with Gasteiger partial charge in [0.05, 0.1) is 37.1 Å². The average Bonchev–Trinajstić information content (AvgIpc) is 3.54. The van der Waals surface area contributed by atoms with Crippen LogP contribution in [-0.2, 0) is 17.9 Å². The molecule has 0 spiro atoms. The van der Waals surface area contributed by atoms with Gasteiger partial charge in [0.15, 0.2) is 0 Å². The summed E-state index contributed by atoms with van der Waals surface area (Å²) in [5, 5.41) is 12.6. The summed E-state index contributed by atoms with van der Waals surface area (Å²) < 4.78 is 7.53. The second-order valence-corrected chi connectivity index (χ2v) is 8.36. The Morgan fingerprint density at radius 3 is 2.74 bits per heavy atom. The average molecular weight is 426 g/mol. The van der Waals surface area contributed by atoms with Crippen LogP contribution >= 0.6 is 0 Å². The second kappa shape index (κ2) is 9.66. The van der Waals surface area contributed by atoms with Crippen LogP contribution in [0.25, 0.3) is 0 Å². The second-order valence-electron chi connectivity index (χ2n) is 8.36. The maximum absolute atomic E-state index is 13.3. The van der Waals surface area contributed by atoms with Crippen LogP contribution in [0.2, 0.25) is 0 Å². The van der Waals surface area contributed by atoms with E-state index >= 15 is 0 Å². The molecule has 166 valence electrons. The number of carbonyl (C=O) groups is 2. The molecule has 2 amide bonds. The fourth-order valence-electron chi connectivity index (χ4n) is 4.21. The zero-order valence-electron chi connectivity index (χ0n) is 18.0. The number of hydrogen-bond donors (Lipinski definition) is 2. The summed E-state index contributed by atoms with van der Waals surface area (Å²) in [6.45, 7) is 4.28. The van der Waals surface area contributed by atoms with Crippen LogP contribution < -0.4 is 5.32 Å². The van der Waals surface area contributed by atoms with Crippen LogP contribution in [-0.4, -0.2) is 52.7 Å². The highest BCUT2D eigenvalue weighted by atomic mass is 16.5. The number of carbonyl (C=O) groups excluding carboxylic acids is 2. The van der Waals surface area contributed by atoms with E-state index in [1.165, 1.54) is 0 Å². The van der Waals surface area contributed by atoms with Gasteiger partial charge in [0.2, 0.25) is 0 Å². The van der Waals surface area contributed by atoms with E-state index in [0.717, 1.165) is 30.5 Å². The van der Waals surface area contributed by atoms with Crippen molar-refractivity contribution in [3.63, 3.8) is 0 Å². The number of nitrogens with zero attached hydrogens (tertiary/aromatic N) is 2. The Kier molecular flexibility index (Phi) is 6.73. The van der Waals surface area contributed by atoms with Crippen molar-refractivity contribution in [2.45, 2.75) is 45.4 Å². The van der Waals surface area contributed by atoms with Crippen molar-refractivity contribution in [1.82, 2.24) is 14.8 Å². The van der Waals surface area contributed by atoms with E-state index in [4.69, 9.17) is 4.74 Å². The molecule has 1 aromatic carbocycles. The molecular weight excluding hydrogens is 394 g/mol. The molecule has 31 heavy (non-hydrogen) atoms. The predicted octanol–water partition coefficient (Wildman–Crippen LogP) is 2.74. The number of aliphatic hydroxyl groups is 1. The summed E-state index contributed by atoms with van der Waals surface area (Å²) in [6.07, 6.45) is 3.02. The lowest BCUT2D eigenvalue weighted by molar-refractivity contribution is 0.0658. The van der Waals surface area contributed by atoms with E-state index in [1.54, 1.807) is 11.0 Å². The van der Waals surface area contributed by atoms with Crippen LogP contribution in [0.5, 0.6) is 0 Å². The van der Waals surface area contributed by atoms with Crippen LogP contribution in [0.4, 0.5) is 0 Å². The lowest BCUT2D eigenvalue weighted by atomic mass is 10.0. The summed E-state index contributed by atoms with van der Waals surface area (Å²) in [7, 11) is 0. The van der Waals surface area contributed by atoms with Gasteiger partial charge in [0.1, 0.15) is 5.69 Å². The van der Waals surface area contributed by atoms with Crippen molar-refractivity contribution in [1.29, 1.82) is 0 Å². The van der Waals surface area contributed by atoms with Crippen molar-refractivity contribution in [2.24, 2.45) is 5.92 Å². The monoisotopic (exact) mass is 425 g/mol. The van der Waals surface area contributed by atoms with Crippen LogP contribution in [0, 0.1) is 5.92 Å². The van der Waals surface area contributed by atoms with Crippen molar-refractivity contribution >= 4 is 11.8 Å². The molecule has 7 heteroatoms. The lowest BCUT2D eigenvalue weighted by Gasteiger charge is -2.24.